The van der Waals surface area contributed by atoms with Gasteiger partial charge in [0.1, 0.15) is 5.82 Å². The van der Waals surface area contributed by atoms with Gasteiger partial charge in [-0.3, -0.25) is 0 Å². The zero-order valence-electron chi connectivity index (χ0n) is 8.47. The number of nitrogens with two attached hydrogens (primary N) is 1. The van der Waals surface area contributed by atoms with Gasteiger partial charge in [0.05, 0.1) is 5.69 Å². The monoisotopic (exact) mass is 194 g/mol. The van der Waals surface area contributed by atoms with Gasteiger partial charge in [0, 0.05) is 11.7 Å². The molecule has 0 saturated heterocycles. The summed E-state index contributed by atoms with van der Waals surface area (Å²) in [6.45, 7) is 4.33. The Morgan fingerprint density at radius 2 is 2.14 bits per heavy atom. The predicted octanol–water partition coefficient (Wildman–Crippen LogP) is 2.62. The first kappa shape index (κ1) is 9.31. The molecule has 0 aromatic heterocycles. The average molecular weight is 194 g/mol. The molecule has 1 saturated carbocycles. The maximum atomic E-state index is 13.3. The summed E-state index contributed by atoms with van der Waals surface area (Å²) in [6, 6.07) is 5.14. The third-order valence-electron chi connectivity index (χ3n) is 2.84. The molecule has 0 bridgehead atoms. The Kier molecular flexibility index (Phi) is 1.91. The van der Waals surface area contributed by atoms with Gasteiger partial charge in [0.15, 0.2) is 0 Å². The molecule has 1 aliphatic carbocycles. The molecule has 1 aromatic carbocycles. The minimum atomic E-state index is -0.271. The summed E-state index contributed by atoms with van der Waals surface area (Å²) in [6.07, 6.45) is 1.09. The lowest BCUT2D eigenvalue weighted by Gasteiger charge is -2.09. The molecule has 2 rings (SSSR count). The summed E-state index contributed by atoms with van der Waals surface area (Å²) in [5.41, 5.74) is 6.77. The van der Waals surface area contributed by atoms with Crippen LogP contribution in [0.4, 0.5) is 15.8 Å². The SMILES string of the molecule is CC1(C)CC1Nc1ccc(N)cc1F. The van der Waals surface area contributed by atoms with E-state index in [0.717, 1.165) is 6.42 Å². The number of nitrogen functional groups attached to an aromatic ring is 1. The van der Waals surface area contributed by atoms with E-state index in [1.54, 1.807) is 12.1 Å². The molecule has 1 aromatic rings. The van der Waals surface area contributed by atoms with Crippen molar-refractivity contribution in [2.75, 3.05) is 11.1 Å². The standard InChI is InChI=1S/C11H15FN2/c1-11(2)6-10(11)14-9-4-3-7(13)5-8(9)12/h3-5,10,14H,6,13H2,1-2H3. The minimum Gasteiger partial charge on any atom is -0.399 e. The van der Waals surface area contributed by atoms with Crippen LogP contribution in [0.15, 0.2) is 18.2 Å². The normalized spacial score (nSPS) is 23.2. The molecule has 1 fully saturated rings. The summed E-state index contributed by atoms with van der Waals surface area (Å²) in [5.74, 6) is -0.271. The van der Waals surface area contributed by atoms with Crippen molar-refractivity contribution >= 4 is 11.4 Å². The zero-order chi connectivity index (χ0) is 10.3. The highest BCUT2D eigenvalue weighted by Crippen LogP contribution is 2.46. The fourth-order valence-corrected chi connectivity index (χ4v) is 1.55. The van der Waals surface area contributed by atoms with Gasteiger partial charge < -0.3 is 11.1 Å². The Bertz CT molecular complexity index is 360. The van der Waals surface area contributed by atoms with Gasteiger partial charge in [-0.05, 0) is 30.0 Å². The number of rotatable bonds is 2. The van der Waals surface area contributed by atoms with Crippen LogP contribution in [0, 0.1) is 11.2 Å². The third kappa shape index (κ3) is 1.67. The fraction of sp³-hybridized carbons (Fsp3) is 0.455. The molecule has 1 atom stereocenters. The molecular formula is C11H15FN2. The van der Waals surface area contributed by atoms with Crippen LogP contribution in [0.3, 0.4) is 0 Å². The van der Waals surface area contributed by atoms with E-state index in [9.17, 15) is 4.39 Å². The highest BCUT2D eigenvalue weighted by Gasteiger charge is 2.45. The van der Waals surface area contributed by atoms with Crippen LogP contribution in [0.1, 0.15) is 20.3 Å². The lowest BCUT2D eigenvalue weighted by Crippen LogP contribution is -2.09. The predicted molar refractivity (Wildman–Crippen MR) is 56.6 cm³/mol. The van der Waals surface area contributed by atoms with Gasteiger partial charge >= 0.3 is 0 Å². The third-order valence-corrected chi connectivity index (χ3v) is 2.84. The zero-order valence-corrected chi connectivity index (χ0v) is 8.47. The Balaban J connectivity index is 2.11. The molecule has 0 spiro atoms. The molecule has 1 unspecified atom stereocenters. The maximum Gasteiger partial charge on any atom is 0.148 e. The van der Waals surface area contributed by atoms with Crippen molar-refractivity contribution in [3.05, 3.63) is 24.0 Å². The molecule has 14 heavy (non-hydrogen) atoms. The van der Waals surface area contributed by atoms with Gasteiger partial charge in [-0.15, -0.1) is 0 Å². The number of hydrogen-bond donors (Lipinski definition) is 2. The molecule has 0 aliphatic heterocycles. The maximum absolute atomic E-state index is 13.3. The second-order valence-corrected chi connectivity index (χ2v) is 4.63. The summed E-state index contributed by atoms with van der Waals surface area (Å²) in [4.78, 5) is 0. The van der Waals surface area contributed by atoms with Crippen molar-refractivity contribution in [2.45, 2.75) is 26.3 Å². The Labute approximate surface area is 83.3 Å². The molecule has 0 amide bonds. The summed E-state index contributed by atoms with van der Waals surface area (Å²) in [7, 11) is 0. The summed E-state index contributed by atoms with van der Waals surface area (Å²) < 4.78 is 13.3. The number of anilines is 2. The van der Waals surface area contributed by atoms with E-state index in [-0.39, 0.29) is 5.82 Å². The first-order valence-corrected chi connectivity index (χ1v) is 4.80. The number of benzene rings is 1. The van der Waals surface area contributed by atoms with Crippen molar-refractivity contribution in [1.82, 2.24) is 0 Å². The van der Waals surface area contributed by atoms with Crippen LogP contribution in [0.5, 0.6) is 0 Å². The van der Waals surface area contributed by atoms with Gasteiger partial charge in [0.2, 0.25) is 0 Å². The van der Waals surface area contributed by atoms with Crippen LogP contribution >= 0.6 is 0 Å². The quantitative estimate of drug-likeness (QED) is 0.710. The average Bonchev–Trinajstić information content (AvgIpc) is 2.65. The van der Waals surface area contributed by atoms with Crippen LogP contribution < -0.4 is 11.1 Å². The number of nitrogens with one attached hydrogen (secondary N) is 1. The van der Waals surface area contributed by atoms with Crippen molar-refractivity contribution in [2.24, 2.45) is 5.41 Å². The van der Waals surface area contributed by atoms with Gasteiger partial charge in [-0.1, -0.05) is 13.8 Å². The van der Waals surface area contributed by atoms with E-state index in [4.69, 9.17) is 5.73 Å². The Morgan fingerprint density at radius 1 is 1.50 bits per heavy atom. The molecule has 76 valence electrons. The fourth-order valence-electron chi connectivity index (χ4n) is 1.55. The van der Waals surface area contributed by atoms with Gasteiger partial charge in [-0.25, -0.2) is 4.39 Å². The lowest BCUT2D eigenvalue weighted by atomic mass is 10.2. The van der Waals surface area contributed by atoms with Crippen molar-refractivity contribution in [1.29, 1.82) is 0 Å². The second-order valence-electron chi connectivity index (χ2n) is 4.63. The van der Waals surface area contributed by atoms with E-state index in [1.165, 1.54) is 6.07 Å². The smallest absolute Gasteiger partial charge is 0.148 e. The number of halogens is 1. The van der Waals surface area contributed by atoms with Crippen molar-refractivity contribution in [3.63, 3.8) is 0 Å². The van der Waals surface area contributed by atoms with E-state index >= 15 is 0 Å². The Hall–Kier alpha value is -1.25. The van der Waals surface area contributed by atoms with Gasteiger partial charge in [0.25, 0.3) is 0 Å². The molecule has 0 radical (unpaired) electrons. The van der Waals surface area contributed by atoms with Crippen LogP contribution in [-0.4, -0.2) is 6.04 Å². The van der Waals surface area contributed by atoms with E-state index in [1.807, 2.05) is 0 Å². The first-order chi connectivity index (χ1) is 6.49. The van der Waals surface area contributed by atoms with Gasteiger partial charge in [-0.2, -0.15) is 0 Å². The molecule has 3 N–H and O–H groups in total. The molecule has 1 aliphatic rings. The highest BCUT2D eigenvalue weighted by molar-refractivity contribution is 5.54. The summed E-state index contributed by atoms with van der Waals surface area (Å²) >= 11 is 0. The molecular weight excluding hydrogens is 179 g/mol. The van der Waals surface area contributed by atoms with Crippen LogP contribution in [0.2, 0.25) is 0 Å². The van der Waals surface area contributed by atoms with Crippen LogP contribution in [-0.2, 0) is 0 Å². The summed E-state index contributed by atoms with van der Waals surface area (Å²) in [5, 5.41) is 3.17. The van der Waals surface area contributed by atoms with Crippen LogP contribution in [0.25, 0.3) is 0 Å². The lowest BCUT2D eigenvalue weighted by molar-refractivity contribution is 0.615. The largest absolute Gasteiger partial charge is 0.399 e. The second kappa shape index (κ2) is 2.87. The Morgan fingerprint density at radius 3 is 2.64 bits per heavy atom. The molecule has 3 heteroatoms. The topological polar surface area (TPSA) is 38.0 Å². The molecule has 2 nitrogen and oxygen atoms in total. The highest BCUT2D eigenvalue weighted by atomic mass is 19.1. The van der Waals surface area contributed by atoms with Crippen molar-refractivity contribution < 1.29 is 4.39 Å². The minimum absolute atomic E-state index is 0.271. The van der Waals surface area contributed by atoms with Crippen molar-refractivity contribution in [3.8, 4) is 0 Å². The van der Waals surface area contributed by atoms with E-state index in [2.05, 4.69) is 19.2 Å². The molecule has 0 heterocycles. The van der Waals surface area contributed by atoms with E-state index < -0.39 is 0 Å². The number of hydrogen-bond acceptors (Lipinski definition) is 2. The first-order valence-electron chi connectivity index (χ1n) is 4.80. The van der Waals surface area contributed by atoms with E-state index in [0.29, 0.717) is 22.8 Å².